The zero-order valence-electron chi connectivity index (χ0n) is 11.6. The van der Waals surface area contributed by atoms with Gasteiger partial charge in [-0.1, -0.05) is 31.5 Å². The van der Waals surface area contributed by atoms with Crippen molar-refractivity contribution in [1.29, 1.82) is 0 Å². The summed E-state index contributed by atoms with van der Waals surface area (Å²) in [5, 5.41) is 9.39. The minimum atomic E-state index is -3.92. The van der Waals surface area contributed by atoms with E-state index in [0.29, 0.717) is 5.56 Å². The second kappa shape index (κ2) is 6.56. The number of carboxylic acids is 1. The molecule has 1 unspecified atom stereocenters. The molecule has 1 aromatic carbocycles. The summed E-state index contributed by atoms with van der Waals surface area (Å²) < 4.78 is 26.8. The zero-order chi connectivity index (χ0) is 15.5. The zero-order valence-corrected chi connectivity index (χ0v) is 13.1. The van der Waals surface area contributed by atoms with E-state index in [0.717, 1.165) is 0 Å². The standard InChI is InChI=1S/C13H18ClNO4S/c1-8(2)6-11(13(16)17)15-20(18,19)12-7-10(14)5-4-9(12)3/h4-5,7-8,11,15H,6H2,1-3H3,(H,16,17). The monoisotopic (exact) mass is 319 g/mol. The molecule has 112 valence electrons. The normalized spacial score (nSPS) is 13.4. The van der Waals surface area contributed by atoms with E-state index in [2.05, 4.69) is 4.72 Å². The van der Waals surface area contributed by atoms with E-state index in [1.54, 1.807) is 19.1 Å². The van der Waals surface area contributed by atoms with Crippen molar-refractivity contribution in [3.63, 3.8) is 0 Å². The first-order chi connectivity index (χ1) is 9.13. The number of aliphatic carboxylic acids is 1. The fourth-order valence-electron chi connectivity index (χ4n) is 1.78. The highest BCUT2D eigenvalue weighted by atomic mass is 35.5. The van der Waals surface area contributed by atoms with Crippen LogP contribution in [0.2, 0.25) is 5.02 Å². The summed E-state index contributed by atoms with van der Waals surface area (Å²) in [6, 6.07) is 3.32. The Labute approximate surface area is 124 Å². The molecule has 0 saturated carbocycles. The smallest absolute Gasteiger partial charge is 0.321 e. The van der Waals surface area contributed by atoms with Gasteiger partial charge in [0.2, 0.25) is 10.0 Å². The molecule has 0 saturated heterocycles. The summed E-state index contributed by atoms with van der Waals surface area (Å²) in [4.78, 5) is 11.1. The number of aryl methyl sites for hydroxylation is 1. The van der Waals surface area contributed by atoms with Crippen molar-refractivity contribution in [2.24, 2.45) is 5.92 Å². The molecule has 0 aliphatic carbocycles. The predicted molar refractivity (Wildman–Crippen MR) is 77.4 cm³/mol. The molecule has 7 heteroatoms. The Bertz CT molecular complexity index is 598. The van der Waals surface area contributed by atoms with Gasteiger partial charge in [0.05, 0.1) is 4.90 Å². The Morgan fingerprint density at radius 2 is 2.00 bits per heavy atom. The molecule has 0 aliphatic rings. The maximum atomic E-state index is 12.3. The van der Waals surface area contributed by atoms with Crippen LogP contribution in [0.15, 0.2) is 23.1 Å². The van der Waals surface area contributed by atoms with Crippen molar-refractivity contribution in [2.75, 3.05) is 0 Å². The topological polar surface area (TPSA) is 83.5 Å². The highest BCUT2D eigenvalue weighted by molar-refractivity contribution is 7.89. The Balaban J connectivity index is 3.09. The summed E-state index contributed by atoms with van der Waals surface area (Å²) in [7, 11) is -3.92. The Morgan fingerprint density at radius 1 is 1.40 bits per heavy atom. The van der Waals surface area contributed by atoms with Crippen molar-refractivity contribution in [3.8, 4) is 0 Å². The highest BCUT2D eigenvalue weighted by Crippen LogP contribution is 2.21. The summed E-state index contributed by atoms with van der Waals surface area (Å²) >= 11 is 5.80. The molecule has 1 rings (SSSR count). The lowest BCUT2D eigenvalue weighted by molar-refractivity contribution is -0.139. The number of halogens is 1. The van der Waals surface area contributed by atoms with Gasteiger partial charge >= 0.3 is 5.97 Å². The van der Waals surface area contributed by atoms with Gasteiger partial charge in [-0.25, -0.2) is 8.42 Å². The number of sulfonamides is 1. The third kappa shape index (κ3) is 4.47. The molecular formula is C13H18ClNO4S. The third-order valence-corrected chi connectivity index (χ3v) is 4.59. The Hall–Kier alpha value is -1.11. The molecule has 0 radical (unpaired) electrons. The van der Waals surface area contributed by atoms with Gasteiger partial charge in [0, 0.05) is 5.02 Å². The van der Waals surface area contributed by atoms with E-state index >= 15 is 0 Å². The molecule has 1 atom stereocenters. The van der Waals surface area contributed by atoms with Crippen molar-refractivity contribution < 1.29 is 18.3 Å². The molecule has 20 heavy (non-hydrogen) atoms. The van der Waals surface area contributed by atoms with Gasteiger partial charge in [0.25, 0.3) is 0 Å². The summed E-state index contributed by atoms with van der Waals surface area (Å²) in [5.74, 6) is -1.14. The van der Waals surface area contributed by atoms with Crippen LogP contribution in [0.3, 0.4) is 0 Å². The summed E-state index contributed by atoms with van der Waals surface area (Å²) in [5.41, 5.74) is 0.510. The molecule has 0 amide bonds. The van der Waals surface area contributed by atoms with Gasteiger partial charge in [0.1, 0.15) is 6.04 Å². The van der Waals surface area contributed by atoms with Crippen molar-refractivity contribution in [1.82, 2.24) is 4.72 Å². The van der Waals surface area contributed by atoms with E-state index in [1.165, 1.54) is 6.07 Å². The molecule has 0 aromatic heterocycles. The van der Waals surface area contributed by atoms with Crippen LogP contribution in [0.5, 0.6) is 0 Å². The lowest BCUT2D eigenvalue weighted by Crippen LogP contribution is -2.41. The van der Waals surface area contributed by atoms with Gasteiger partial charge in [-0.15, -0.1) is 0 Å². The summed E-state index contributed by atoms with van der Waals surface area (Å²) in [6.07, 6.45) is 0.216. The number of hydrogen-bond acceptors (Lipinski definition) is 3. The number of hydrogen-bond donors (Lipinski definition) is 2. The fourth-order valence-corrected chi connectivity index (χ4v) is 3.49. The first kappa shape index (κ1) is 16.9. The molecule has 0 bridgehead atoms. The number of rotatable bonds is 6. The maximum absolute atomic E-state index is 12.3. The minimum Gasteiger partial charge on any atom is -0.480 e. The van der Waals surface area contributed by atoms with Gasteiger partial charge in [0.15, 0.2) is 0 Å². The molecule has 5 nitrogen and oxygen atoms in total. The van der Waals surface area contributed by atoms with Gasteiger partial charge in [-0.2, -0.15) is 4.72 Å². The second-order valence-corrected chi connectivity index (χ2v) is 7.17. The van der Waals surface area contributed by atoms with Crippen molar-refractivity contribution >= 4 is 27.6 Å². The van der Waals surface area contributed by atoms with Crippen LogP contribution in [-0.4, -0.2) is 25.5 Å². The van der Waals surface area contributed by atoms with Gasteiger partial charge in [-0.3, -0.25) is 4.79 Å². The van der Waals surface area contributed by atoms with E-state index in [1.807, 2.05) is 13.8 Å². The average Bonchev–Trinajstić information content (AvgIpc) is 2.30. The minimum absolute atomic E-state index is 0.00000567. The molecule has 2 N–H and O–H groups in total. The number of carboxylic acid groups (broad SMARTS) is 1. The first-order valence-electron chi connectivity index (χ1n) is 6.14. The molecule has 0 aliphatic heterocycles. The highest BCUT2D eigenvalue weighted by Gasteiger charge is 2.27. The SMILES string of the molecule is Cc1ccc(Cl)cc1S(=O)(=O)NC(CC(C)C)C(=O)O. The first-order valence-corrected chi connectivity index (χ1v) is 8.01. The largest absolute Gasteiger partial charge is 0.480 e. The second-order valence-electron chi connectivity index (χ2n) is 5.05. The van der Waals surface area contributed by atoms with E-state index in [9.17, 15) is 13.2 Å². The average molecular weight is 320 g/mol. The van der Waals surface area contributed by atoms with Crippen LogP contribution in [0.1, 0.15) is 25.8 Å². The van der Waals surface area contributed by atoms with Crippen molar-refractivity contribution in [2.45, 2.75) is 38.1 Å². The molecule has 0 spiro atoms. The van der Waals surface area contributed by atoms with Crippen molar-refractivity contribution in [3.05, 3.63) is 28.8 Å². The molecule has 0 heterocycles. The van der Waals surface area contributed by atoms with E-state index in [-0.39, 0.29) is 22.3 Å². The van der Waals surface area contributed by atoms with Crippen LogP contribution in [0.4, 0.5) is 0 Å². The van der Waals surface area contributed by atoms with E-state index in [4.69, 9.17) is 16.7 Å². The lowest BCUT2D eigenvalue weighted by atomic mass is 10.1. The number of nitrogens with one attached hydrogen (secondary N) is 1. The number of carbonyl (C=O) groups is 1. The lowest BCUT2D eigenvalue weighted by Gasteiger charge is -2.17. The van der Waals surface area contributed by atoms with Crippen LogP contribution in [0, 0.1) is 12.8 Å². The fraction of sp³-hybridized carbons (Fsp3) is 0.462. The van der Waals surface area contributed by atoms with Crippen LogP contribution in [-0.2, 0) is 14.8 Å². The van der Waals surface area contributed by atoms with Crippen LogP contribution in [0.25, 0.3) is 0 Å². The Kier molecular flexibility index (Phi) is 5.56. The quantitative estimate of drug-likeness (QED) is 0.843. The molecule has 1 aromatic rings. The third-order valence-electron chi connectivity index (χ3n) is 2.74. The number of benzene rings is 1. The maximum Gasteiger partial charge on any atom is 0.321 e. The van der Waals surface area contributed by atoms with Gasteiger partial charge in [-0.05, 0) is 37.0 Å². The summed E-state index contributed by atoms with van der Waals surface area (Å²) in [6.45, 7) is 5.28. The Morgan fingerprint density at radius 3 is 2.50 bits per heavy atom. The molecule has 0 fully saturated rings. The van der Waals surface area contributed by atoms with E-state index < -0.39 is 22.0 Å². The van der Waals surface area contributed by atoms with Crippen LogP contribution >= 0.6 is 11.6 Å². The predicted octanol–water partition coefficient (Wildman–Crippen LogP) is 2.43. The van der Waals surface area contributed by atoms with Crippen LogP contribution < -0.4 is 4.72 Å². The molecular weight excluding hydrogens is 302 g/mol. The van der Waals surface area contributed by atoms with Gasteiger partial charge < -0.3 is 5.11 Å².